The van der Waals surface area contributed by atoms with Gasteiger partial charge < -0.3 is 71.1 Å². The standard InChI is InChI=1S/C66H75N3O33S6/c1-31(70)88-28-52-55(91-34(4)73)58(94-37(7)76)61(97-40(10)79)64(100-52)103-46-19-13-43(14-20-46)67-106(82,83)49-25-50(107(84,85)68-44-15-21-47(22-16-44)104-65-62(98-41(11)80)59(95-38(8)77)56(92-35(5)74)53(101-65)29-89-32(2)71)27-51(26-49)108(86,87)69-45-17-23-48(24-18-45)105-66-63(99-42(12)81)60(96-39(9)78)57(93-36(6)75)54(102-66)30-90-33(3)72/h13-27,52-69H,28-30H2,1-12H3/t52-,53-,54-,55-,56-,57-,58+,59+,60+,61-,62-,63-,64+,65+,66+/m1/s1. The van der Waals surface area contributed by atoms with Gasteiger partial charge in [0.25, 0.3) is 30.1 Å². The first-order valence-electron chi connectivity index (χ1n) is 32.0. The van der Waals surface area contributed by atoms with Gasteiger partial charge in [0.2, 0.25) is 0 Å². The van der Waals surface area contributed by atoms with E-state index in [0.717, 1.165) is 118 Å². The molecule has 0 bridgehead atoms. The van der Waals surface area contributed by atoms with Crippen molar-refractivity contribution in [3.8, 4) is 0 Å². The van der Waals surface area contributed by atoms with Gasteiger partial charge in [-0.2, -0.15) is 0 Å². The van der Waals surface area contributed by atoms with Crippen molar-refractivity contribution in [2.24, 2.45) is 0 Å². The summed E-state index contributed by atoms with van der Waals surface area (Å²) in [5.74, 6) is -10.2. The topological polar surface area (TPSA) is 482 Å². The highest BCUT2D eigenvalue weighted by Gasteiger charge is 2.56. The predicted octanol–water partition coefficient (Wildman–Crippen LogP) is 4.61. The molecule has 0 amide bonds. The van der Waals surface area contributed by atoms with E-state index in [4.69, 9.17) is 71.1 Å². The normalized spacial score (nSPS) is 24.1. The quantitative estimate of drug-likeness (QED) is 0.0473. The molecule has 0 saturated carbocycles. The summed E-state index contributed by atoms with van der Waals surface area (Å²) in [6, 6.07) is 17.4. The van der Waals surface area contributed by atoms with Crippen molar-refractivity contribution >= 4 is 154 Å². The van der Waals surface area contributed by atoms with E-state index in [2.05, 4.69) is 14.2 Å². The number of hydrogen-bond acceptors (Lipinski definition) is 36. The van der Waals surface area contributed by atoms with E-state index in [1.165, 1.54) is 72.8 Å². The lowest BCUT2D eigenvalue weighted by molar-refractivity contribution is -0.237. The zero-order valence-corrected chi connectivity index (χ0v) is 64.3. The van der Waals surface area contributed by atoms with Crippen molar-refractivity contribution in [3.05, 3.63) is 91.0 Å². The molecule has 0 unspecified atom stereocenters. The molecule has 0 spiro atoms. The number of anilines is 3. The first-order chi connectivity index (χ1) is 50.6. The second-order valence-corrected chi connectivity index (χ2v) is 32.1. The van der Waals surface area contributed by atoms with Gasteiger partial charge in [-0.05, 0) is 91.0 Å². The minimum Gasteiger partial charge on any atom is -0.463 e. The average Bonchev–Trinajstić information content (AvgIpc) is 0.792. The van der Waals surface area contributed by atoms with Crippen LogP contribution in [0.5, 0.6) is 0 Å². The van der Waals surface area contributed by atoms with E-state index in [1.54, 1.807) is 0 Å². The molecule has 3 aliphatic rings. The SMILES string of the molecule is CC(=O)OC[C@H]1O[C@@H](Sc2ccc(NS(=O)(=O)c3cc(S(=O)(=O)Nc4ccc(S[C@@H]5O[C@H](COC(C)=O)[C@@H](OC(C)=O)[C@H](OC(C)=O)[C@H]5OC(C)=O)cc4)cc(S(=O)(=O)Nc4ccc(S[C@@H]5O[C@H](COC(C)=O)[C@@H](OC(C)=O)[C@H](OC(C)=O)[C@H]5OC(C)=O)cc4)c3)cc2)[C@H](OC(C)=O)[C@@H](OC(C)=O)[C@@H]1OC(C)=O. The predicted molar refractivity (Wildman–Crippen MR) is 372 cm³/mol. The van der Waals surface area contributed by atoms with Crippen LogP contribution in [0.25, 0.3) is 0 Å². The second kappa shape index (κ2) is 37.7. The van der Waals surface area contributed by atoms with Crippen LogP contribution in [0.15, 0.2) is 120 Å². The molecule has 4 aromatic rings. The van der Waals surface area contributed by atoms with Gasteiger partial charge in [0, 0.05) is 115 Å². The van der Waals surface area contributed by atoms with Gasteiger partial charge in [-0.15, -0.1) is 0 Å². The van der Waals surface area contributed by atoms with Crippen molar-refractivity contribution in [1.82, 2.24) is 0 Å². The number of thioether (sulfide) groups is 3. The van der Waals surface area contributed by atoms with Crippen molar-refractivity contribution in [1.29, 1.82) is 0 Å². The maximum Gasteiger partial charge on any atom is 0.303 e. The molecular weight excluding hydrogens is 1560 g/mol. The Kier molecular flexibility index (Phi) is 30.0. The van der Waals surface area contributed by atoms with E-state index in [1.807, 2.05) is 0 Å². The van der Waals surface area contributed by atoms with E-state index < -0.39 is 226 Å². The Morgan fingerprint density at radius 1 is 0.287 bits per heavy atom. The van der Waals surface area contributed by atoms with Crippen LogP contribution < -0.4 is 14.2 Å². The molecule has 588 valence electrons. The summed E-state index contributed by atoms with van der Waals surface area (Å²) >= 11 is 2.53. The lowest BCUT2D eigenvalue weighted by Gasteiger charge is -2.44. The molecule has 15 atom stereocenters. The number of carbonyl (C=O) groups excluding carboxylic acids is 12. The van der Waals surface area contributed by atoms with E-state index in [-0.39, 0.29) is 31.7 Å². The van der Waals surface area contributed by atoms with Crippen LogP contribution in [0, 0.1) is 0 Å². The monoisotopic (exact) mass is 1630 g/mol. The summed E-state index contributed by atoms with van der Waals surface area (Å²) in [4.78, 5) is 146. The molecular formula is C66H75N3O33S6. The Morgan fingerprint density at radius 3 is 0.657 bits per heavy atom. The maximum atomic E-state index is 14.7. The van der Waals surface area contributed by atoms with Gasteiger partial charge in [0.1, 0.15) is 54.4 Å². The van der Waals surface area contributed by atoms with Gasteiger partial charge in [-0.3, -0.25) is 71.7 Å². The largest absolute Gasteiger partial charge is 0.463 e. The Labute approximate surface area is 631 Å². The Morgan fingerprint density at radius 2 is 0.472 bits per heavy atom. The minimum atomic E-state index is -5.07. The third-order valence-electron chi connectivity index (χ3n) is 14.7. The van der Waals surface area contributed by atoms with Crippen LogP contribution in [0.2, 0.25) is 0 Å². The molecule has 36 nitrogen and oxygen atoms in total. The highest BCUT2D eigenvalue weighted by atomic mass is 32.2. The summed E-state index contributed by atoms with van der Waals surface area (Å²) in [6.07, 6.45) is -17.4. The minimum absolute atomic E-state index is 0.210. The lowest BCUT2D eigenvalue weighted by atomic mass is 9.99. The van der Waals surface area contributed by atoms with Crippen molar-refractivity contribution in [3.63, 3.8) is 0 Å². The van der Waals surface area contributed by atoms with E-state index in [9.17, 15) is 82.8 Å². The van der Waals surface area contributed by atoms with Crippen LogP contribution in [0.4, 0.5) is 17.1 Å². The van der Waals surface area contributed by atoms with Crippen LogP contribution in [-0.2, 0) is 159 Å². The zero-order chi connectivity index (χ0) is 79.9. The molecule has 4 aromatic carbocycles. The van der Waals surface area contributed by atoms with Crippen LogP contribution in [-0.4, -0.2) is 206 Å². The molecule has 3 aliphatic heterocycles. The highest BCUT2D eigenvalue weighted by molar-refractivity contribution is 8.00. The second-order valence-electron chi connectivity index (χ2n) is 23.6. The molecule has 3 saturated heterocycles. The Bertz CT molecular complexity index is 3930. The van der Waals surface area contributed by atoms with Crippen LogP contribution in [0.3, 0.4) is 0 Å². The smallest absolute Gasteiger partial charge is 0.303 e. The summed E-state index contributed by atoms with van der Waals surface area (Å²) in [5, 5.41) is 0. The van der Waals surface area contributed by atoms with Gasteiger partial charge in [-0.25, -0.2) is 25.3 Å². The molecule has 108 heavy (non-hydrogen) atoms. The zero-order valence-electron chi connectivity index (χ0n) is 59.4. The summed E-state index contributed by atoms with van der Waals surface area (Å²) < 4.78 is 179. The van der Waals surface area contributed by atoms with E-state index in [0.29, 0.717) is 18.2 Å². The summed E-state index contributed by atoms with van der Waals surface area (Å²) in [7, 11) is -15.2. The first kappa shape index (κ1) is 85.9. The number of sulfonamides is 3. The molecule has 0 aliphatic carbocycles. The number of nitrogens with one attached hydrogen (secondary N) is 3. The fraction of sp³-hybridized carbons (Fsp3) is 0.455. The fourth-order valence-corrected chi connectivity index (χ4v) is 17.6. The number of rotatable bonds is 30. The van der Waals surface area contributed by atoms with Gasteiger partial charge >= 0.3 is 71.6 Å². The van der Waals surface area contributed by atoms with Crippen molar-refractivity contribution in [2.75, 3.05) is 34.0 Å². The third kappa shape index (κ3) is 24.9. The van der Waals surface area contributed by atoms with Crippen LogP contribution in [0.1, 0.15) is 83.1 Å². The Hall–Kier alpha value is -9.30. The number of ether oxygens (including phenoxy) is 15. The molecule has 3 heterocycles. The molecule has 0 aromatic heterocycles. The van der Waals surface area contributed by atoms with Gasteiger partial charge in [-0.1, -0.05) is 35.3 Å². The van der Waals surface area contributed by atoms with Gasteiger partial charge in [0.15, 0.2) is 54.9 Å². The molecule has 7 rings (SSSR count). The van der Waals surface area contributed by atoms with Crippen molar-refractivity contribution in [2.45, 2.75) is 202 Å². The molecule has 3 fully saturated rings. The number of esters is 12. The number of hydrogen-bond donors (Lipinski definition) is 3. The average molecular weight is 1630 g/mol. The maximum absolute atomic E-state index is 14.7. The molecule has 42 heteroatoms. The first-order valence-corrected chi connectivity index (χ1v) is 39.1. The van der Waals surface area contributed by atoms with E-state index >= 15 is 0 Å². The number of benzene rings is 4. The summed E-state index contributed by atoms with van der Waals surface area (Å²) in [6.45, 7) is 11.1. The fourth-order valence-electron chi connectivity index (χ4n) is 10.7. The Balaban J connectivity index is 1.23. The lowest BCUT2D eigenvalue weighted by Crippen LogP contribution is -2.61. The summed E-state index contributed by atoms with van der Waals surface area (Å²) in [5.41, 5.74) is -4.57. The van der Waals surface area contributed by atoms with Crippen molar-refractivity contribution < 1.29 is 154 Å². The number of carbonyl (C=O) groups is 12. The third-order valence-corrected chi connectivity index (χ3v) is 22.3. The van der Waals surface area contributed by atoms with Gasteiger partial charge in [0.05, 0.1) is 14.7 Å². The highest BCUT2D eigenvalue weighted by Crippen LogP contribution is 2.42. The molecule has 3 N–H and O–H groups in total. The molecule has 0 radical (unpaired) electrons. The van der Waals surface area contributed by atoms with Crippen LogP contribution >= 0.6 is 35.3 Å².